The predicted octanol–water partition coefficient (Wildman–Crippen LogP) is 4.10. The fourth-order valence-electron chi connectivity index (χ4n) is 2.33. The number of amides is 1. The number of hydrogen-bond donors (Lipinski definition) is 1. The monoisotopic (exact) mass is 413 g/mol. The molecule has 2 rings (SSSR count). The summed E-state index contributed by atoms with van der Waals surface area (Å²) in [6.45, 7) is 1.32. The van der Waals surface area contributed by atoms with Crippen LogP contribution in [0.4, 0.5) is 4.39 Å². The van der Waals surface area contributed by atoms with E-state index >= 15 is 0 Å². The Labute approximate surface area is 166 Å². The minimum absolute atomic E-state index is 0.0859. The number of carbonyl (C=O) groups excluding carboxylic acids is 2. The van der Waals surface area contributed by atoms with Crippen molar-refractivity contribution in [1.82, 2.24) is 5.32 Å². The van der Waals surface area contributed by atoms with Crippen molar-refractivity contribution in [3.05, 3.63) is 63.4 Å². The molecular formula is C19H18Cl2FNO4. The summed E-state index contributed by atoms with van der Waals surface area (Å²) in [5, 5.41) is 3.49. The van der Waals surface area contributed by atoms with Gasteiger partial charge in [-0.2, -0.15) is 0 Å². The maximum atomic E-state index is 13.6. The number of hydrogen-bond acceptors (Lipinski definition) is 4. The molecule has 0 aliphatic heterocycles. The van der Waals surface area contributed by atoms with Crippen LogP contribution in [-0.4, -0.2) is 25.6 Å². The van der Waals surface area contributed by atoms with Gasteiger partial charge in [0.2, 0.25) is 0 Å². The lowest BCUT2D eigenvalue weighted by molar-refractivity contribution is -0.148. The molecule has 0 radical (unpaired) electrons. The Hall–Kier alpha value is -2.31. The number of rotatable bonds is 7. The van der Waals surface area contributed by atoms with Crippen LogP contribution >= 0.6 is 23.2 Å². The first-order chi connectivity index (χ1) is 12.8. The van der Waals surface area contributed by atoms with E-state index in [1.165, 1.54) is 19.2 Å². The fraction of sp³-hybridized carbons (Fsp3) is 0.263. The lowest BCUT2D eigenvalue weighted by Crippen LogP contribution is -2.31. The van der Waals surface area contributed by atoms with E-state index in [9.17, 15) is 14.0 Å². The van der Waals surface area contributed by atoms with Crippen LogP contribution in [0.1, 0.15) is 24.1 Å². The highest BCUT2D eigenvalue weighted by molar-refractivity contribution is 6.42. The van der Waals surface area contributed by atoms with Crippen LogP contribution in [0, 0.1) is 5.82 Å². The zero-order valence-corrected chi connectivity index (χ0v) is 16.2. The Bertz CT molecular complexity index is 844. The molecule has 0 bridgehead atoms. The van der Waals surface area contributed by atoms with Crippen molar-refractivity contribution in [3.63, 3.8) is 0 Å². The van der Waals surface area contributed by atoms with Crippen molar-refractivity contribution >= 4 is 35.1 Å². The van der Waals surface area contributed by atoms with E-state index in [0.29, 0.717) is 15.6 Å². The average Bonchev–Trinajstić information content (AvgIpc) is 2.62. The molecular weight excluding hydrogens is 396 g/mol. The number of methoxy groups -OCH3 is 1. The largest absolute Gasteiger partial charge is 0.494 e. The number of esters is 1. The first-order valence-corrected chi connectivity index (χ1v) is 8.78. The fourth-order valence-corrected chi connectivity index (χ4v) is 2.64. The molecule has 0 spiro atoms. The van der Waals surface area contributed by atoms with Gasteiger partial charge in [0.25, 0.3) is 5.91 Å². The molecule has 0 saturated heterocycles. The zero-order valence-electron chi connectivity index (χ0n) is 14.7. The van der Waals surface area contributed by atoms with Crippen molar-refractivity contribution in [2.24, 2.45) is 0 Å². The van der Waals surface area contributed by atoms with Gasteiger partial charge >= 0.3 is 5.97 Å². The third-order valence-corrected chi connectivity index (χ3v) is 4.49. The van der Waals surface area contributed by atoms with Gasteiger partial charge in [-0.05, 0) is 42.3 Å². The van der Waals surface area contributed by atoms with E-state index in [-0.39, 0.29) is 18.2 Å². The van der Waals surface area contributed by atoms with Crippen LogP contribution in [0.3, 0.4) is 0 Å². The molecule has 0 saturated carbocycles. The summed E-state index contributed by atoms with van der Waals surface area (Å²) in [6.07, 6.45) is -0.156. The topological polar surface area (TPSA) is 64.6 Å². The molecule has 27 heavy (non-hydrogen) atoms. The summed E-state index contributed by atoms with van der Waals surface area (Å²) in [5.74, 6) is -1.60. The van der Waals surface area contributed by atoms with Crippen molar-refractivity contribution in [2.45, 2.75) is 19.4 Å². The highest BCUT2D eigenvalue weighted by Crippen LogP contribution is 2.25. The molecule has 0 aliphatic rings. The minimum atomic E-state index is -0.642. The summed E-state index contributed by atoms with van der Waals surface area (Å²) >= 11 is 11.8. The summed E-state index contributed by atoms with van der Waals surface area (Å²) in [6, 6.07) is 8.84. The van der Waals surface area contributed by atoms with Gasteiger partial charge in [-0.3, -0.25) is 9.59 Å². The quantitative estimate of drug-likeness (QED) is 0.693. The smallest absolute Gasteiger partial charge is 0.310 e. The van der Waals surface area contributed by atoms with E-state index in [4.69, 9.17) is 32.7 Å². The summed E-state index contributed by atoms with van der Waals surface area (Å²) < 4.78 is 23.4. The maximum absolute atomic E-state index is 13.6. The summed E-state index contributed by atoms with van der Waals surface area (Å²) in [4.78, 5) is 23.8. The van der Waals surface area contributed by atoms with Gasteiger partial charge in [0.1, 0.15) is 0 Å². The Morgan fingerprint density at radius 1 is 1.15 bits per heavy atom. The van der Waals surface area contributed by atoms with Gasteiger partial charge in [-0.25, -0.2) is 4.39 Å². The Morgan fingerprint density at radius 2 is 1.89 bits per heavy atom. The van der Waals surface area contributed by atoms with Crippen molar-refractivity contribution in [3.8, 4) is 5.75 Å². The molecule has 2 aromatic carbocycles. The molecule has 0 heterocycles. The molecule has 8 heteroatoms. The van der Waals surface area contributed by atoms with Crippen LogP contribution in [0.5, 0.6) is 5.75 Å². The zero-order chi connectivity index (χ0) is 20.0. The van der Waals surface area contributed by atoms with Gasteiger partial charge in [0.15, 0.2) is 18.2 Å². The van der Waals surface area contributed by atoms with Gasteiger partial charge in [-0.15, -0.1) is 0 Å². The molecule has 0 fully saturated rings. The van der Waals surface area contributed by atoms with Crippen LogP contribution in [-0.2, 0) is 20.7 Å². The van der Waals surface area contributed by atoms with Crippen LogP contribution < -0.4 is 10.1 Å². The molecule has 1 amide bonds. The predicted molar refractivity (Wildman–Crippen MR) is 101 cm³/mol. The van der Waals surface area contributed by atoms with Crippen molar-refractivity contribution in [1.29, 1.82) is 0 Å². The summed E-state index contributed by atoms with van der Waals surface area (Å²) in [7, 11) is 1.35. The molecule has 1 N–H and O–H groups in total. The third-order valence-electron chi connectivity index (χ3n) is 3.75. The Morgan fingerprint density at radius 3 is 2.52 bits per heavy atom. The number of benzene rings is 2. The van der Waals surface area contributed by atoms with Gasteiger partial charge < -0.3 is 14.8 Å². The molecule has 2 aromatic rings. The molecule has 0 aromatic heterocycles. The first kappa shape index (κ1) is 21.0. The molecule has 144 valence electrons. The second-order valence-electron chi connectivity index (χ2n) is 5.77. The van der Waals surface area contributed by atoms with Crippen LogP contribution in [0.25, 0.3) is 0 Å². The van der Waals surface area contributed by atoms with E-state index in [0.717, 1.165) is 5.56 Å². The standard InChI is InChI=1S/C19H18Cl2FNO4/c1-11(13-4-5-14(20)15(21)9-13)23-18(24)10-27-19(25)8-12-3-6-17(26-2)16(22)7-12/h3-7,9,11H,8,10H2,1-2H3,(H,23,24)/t11-/m0/s1. The Kier molecular flexibility index (Phi) is 7.45. The maximum Gasteiger partial charge on any atom is 0.310 e. The van der Waals surface area contributed by atoms with Crippen LogP contribution in [0.2, 0.25) is 10.0 Å². The number of carbonyl (C=O) groups is 2. The lowest BCUT2D eigenvalue weighted by Gasteiger charge is -2.15. The normalized spacial score (nSPS) is 11.6. The Balaban J connectivity index is 1.83. The number of nitrogens with one attached hydrogen (secondary N) is 1. The molecule has 5 nitrogen and oxygen atoms in total. The lowest BCUT2D eigenvalue weighted by atomic mass is 10.1. The number of halogens is 3. The van der Waals surface area contributed by atoms with Gasteiger partial charge in [0.05, 0.1) is 29.6 Å². The third kappa shape index (κ3) is 6.12. The second-order valence-corrected chi connectivity index (χ2v) is 6.58. The average molecular weight is 414 g/mol. The van der Waals surface area contributed by atoms with Crippen molar-refractivity contribution in [2.75, 3.05) is 13.7 Å². The van der Waals surface area contributed by atoms with Crippen LogP contribution in [0.15, 0.2) is 36.4 Å². The highest BCUT2D eigenvalue weighted by Gasteiger charge is 2.14. The molecule has 0 unspecified atom stereocenters. The van der Waals surface area contributed by atoms with Gasteiger partial charge in [-0.1, -0.05) is 35.3 Å². The van der Waals surface area contributed by atoms with E-state index in [1.807, 2.05) is 0 Å². The van der Waals surface area contributed by atoms with Gasteiger partial charge in [0, 0.05) is 0 Å². The van der Waals surface area contributed by atoms with Crippen molar-refractivity contribution < 1.29 is 23.5 Å². The van der Waals surface area contributed by atoms with E-state index in [1.54, 1.807) is 31.2 Å². The molecule has 0 aliphatic carbocycles. The summed E-state index contributed by atoms with van der Waals surface area (Å²) in [5.41, 5.74) is 1.18. The highest BCUT2D eigenvalue weighted by atomic mass is 35.5. The first-order valence-electron chi connectivity index (χ1n) is 8.02. The van der Waals surface area contributed by atoms with E-state index < -0.39 is 24.3 Å². The molecule has 1 atom stereocenters. The van der Waals surface area contributed by atoms with E-state index in [2.05, 4.69) is 5.32 Å². The SMILES string of the molecule is COc1ccc(CC(=O)OCC(=O)N[C@@H](C)c2ccc(Cl)c(Cl)c2)cc1F. The number of ether oxygens (including phenoxy) is 2. The second kappa shape index (κ2) is 9.58. The minimum Gasteiger partial charge on any atom is -0.494 e.